The number of nitrogens with zero attached hydrogens (tertiary/aromatic N) is 3. The first-order valence-electron chi connectivity index (χ1n) is 11.0. The minimum absolute atomic E-state index is 0.0905. The Morgan fingerprint density at radius 3 is 2.78 bits per heavy atom. The van der Waals surface area contributed by atoms with Crippen LogP contribution in [0.3, 0.4) is 0 Å². The number of benzene rings is 1. The van der Waals surface area contributed by atoms with Gasteiger partial charge in [-0.05, 0) is 43.5 Å². The predicted molar refractivity (Wildman–Crippen MR) is 126 cm³/mol. The molecule has 8 heteroatoms. The second kappa shape index (κ2) is 8.98. The van der Waals surface area contributed by atoms with Crippen molar-refractivity contribution in [2.45, 2.75) is 38.6 Å². The van der Waals surface area contributed by atoms with Crippen molar-refractivity contribution in [3.63, 3.8) is 0 Å². The molecule has 1 saturated carbocycles. The van der Waals surface area contributed by atoms with Crippen LogP contribution in [-0.2, 0) is 0 Å². The second-order valence-electron chi connectivity index (χ2n) is 8.28. The zero-order valence-corrected chi connectivity index (χ0v) is 18.5. The summed E-state index contributed by atoms with van der Waals surface area (Å²) in [5.74, 6) is -0.322. The van der Waals surface area contributed by atoms with E-state index in [1.807, 2.05) is 11.0 Å². The number of hydrogen-bond donors (Lipinski definition) is 3. The highest BCUT2D eigenvalue weighted by atomic mass is 19.1. The number of nitrogen functional groups attached to an aromatic ring is 1. The summed E-state index contributed by atoms with van der Waals surface area (Å²) in [4.78, 5) is 21.7. The van der Waals surface area contributed by atoms with Gasteiger partial charge in [0.05, 0.1) is 29.2 Å². The van der Waals surface area contributed by atoms with E-state index in [1.54, 1.807) is 30.4 Å². The van der Waals surface area contributed by atoms with Crippen LogP contribution in [0.1, 0.15) is 48.5 Å². The van der Waals surface area contributed by atoms with Crippen molar-refractivity contribution in [1.29, 1.82) is 5.41 Å². The van der Waals surface area contributed by atoms with Crippen molar-refractivity contribution in [2.24, 2.45) is 0 Å². The molecule has 0 spiro atoms. The summed E-state index contributed by atoms with van der Waals surface area (Å²) in [6.45, 7) is 2.80. The quantitative estimate of drug-likeness (QED) is 0.660. The van der Waals surface area contributed by atoms with Gasteiger partial charge in [0.15, 0.2) is 0 Å². The Hall–Kier alpha value is -3.42. The molecule has 1 fully saturated rings. The van der Waals surface area contributed by atoms with Gasteiger partial charge in [0.1, 0.15) is 11.6 Å². The molecule has 1 aromatic carbocycles. The second-order valence-corrected chi connectivity index (χ2v) is 8.28. The van der Waals surface area contributed by atoms with E-state index >= 15 is 0 Å². The molecular weight excluding hydrogens is 407 g/mol. The van der Waals surface area contributed by atoms with E-state index in [2.05, 4.69) is 17.2 Å². The Morgan fingerprint density at radius 1 is 1.31 bits per heavy atom. The number of carbonyl (C=O) groups excluding carboxylic acids is 1. The maximum Gasteiger partial charge on any atom is 0.256 e. The van der Waals surface area contributed by atoms with Crippen LogP contribution in [0.5, 0.6) is 0 Å². The van der Waals surface area contributed by atoms with Crippen LogP contribution in [0.15, 0.2) is 36.7 Å². The van der Waals surface area contributed by atoms with Gasteiger partial charge in [0, 0.05) is 43.2 Å². The lowest BCUT2D eigenvalue weighted by Gasteiger charge is -2.29. The van der Waals surface area contributed by atoms with Crippen LogP contribution in [-0.4, -0.2) is 47.7 Å². The first-order chi connectivity index (χ1) is 15.4. The average Bonchev–Trinajstić information content (AvgIpc) is 3.61. The molecule has 0 atom stereocenters. The summed E-state index contributed by atoms with van der Waals surface area (Å²) in [5, 5.41) is 11.8. The number of amides is 1. The zero-order chi connectivity index (χ0) is 22.8. The van der Waals surface area contributed by atoms with Gasteiger partial charge in [0.25, 0.3) is 5.91 Å². The van der Waals surface area contributed by atoms with Crippen molar-refractivity contribution in [2.75, 3.05) is 30.8 Å². The lowest BCUT2D eigenvalue weighted by molar-refractivity contribution is 0.0769. The lowest BCUT2D eigenvalue weighted by Crippen LogP contribution is -2.38. The van der Waals surface area contributed by atoms with Crippen LogP contribution >= 0.6 is 0 Å². The fraction of sp³-hybridized carbons (Fsp3) is 0.375. The molecule has 0 saturated heterocycles. The van der Waals surface area contributed by atoms with Gasteiger partial charge in [-0.2, -0.15) is 0 Å². The number of fused-ring (bicyclic) bond motifs is 3. The van der Waals surface area contributed by atoms with E-state index in [9.17, 15) is 9.18 Å². The molecule has 4 N–H and O–H groups in total. The monoisotopic (exact) mass is 436 g/mol. The highest BCUT2D eigenvalue weighted by Crippen LogP contribution is 2.38. The molecule has 4 rings (SSSR count). The molecule has 2 bridgehead atoms. The number of halogens is 1. The maximum absolute atomic E-state index is 14.4. The van der Waals surface area contributed by atoms with Gasteiger partial charge >= 0.3 is 0 Å². The third kappa shape index (κ3) is 4.17. The third-order valence-corrected chi connectivity index (χ3v) is 5.91. The maximum atomic E-state index is 14.4. The summed E-state index contributed by atoms with van der Waals surface area (Å²) >= 11 is 0. The van der Waals surface area contributed by atoms with E-state index in [0.717, 1.165) is 31.2 Å². The molecule has 0 unspecified atom stereocenters. The van der Waals surface area contributed by atoms with Crippen LogP contribution in [0, 0.1) is 11.2 Å². The van der Waals surface area contributed by atoms with E-state index in [4.69, 9.17) is 11.1 Å². The Balaban J connectivity index is 1.98. The molecule has 7 nitrogen and oxygen atoms in total. The van der Waals surface area contributed by atoms with E-state index in [1.165, 1.54) is 12.1 Å². The summed E-state index contributed by atoms with van der Waals surface area (Å²) in [6, 6.07) is 6.22. The van der Waals surface area contributed by atoms with Gasteiger partial charge in [0.2, 0.25) is 0 Å². The fourth-order valence-electron chi connectivity index (χ4n) is 4.08. The van der Waals surface area contributed by atoms with Crippen LogP contribution in [0.4, 0.5) is 21.6 Å². The highest BCUT2D eigenvalue weighted by molar-refractivity contribution is 6.24. The van der Waals surface area contributed by atoms with Gasteiger partial charge in [-0.1, -0.05) is 13.3 Å². The number of nitrogens with two attached hydrogens (primary N) is 1. The summed E-state index contributed by atoms with van der Waals surface area (Å²) in [6.07, 6.45) is 6.95. The van der Waals surface area contributed by atoms with Crippen LogP contribution in [0.25, 0.3) is 5.57 Å². The minimum Gasteiger partial charge on any atom is -0.393 e. The van der Waals surface area contributed by atoms with Gasteiger partial charge in [-0.25, -0.2) is 9.37 Å². The van der Waals surface area contributed by atoms with E-state index in [0.29, 0.717) is 40.6 Å². The van der Waals surface area contributed by atoms with E-state index < -0.39 is 5.82 Å². The summed E-state index contributed by atoms with van der Waals surface area (Å²) in [5.41, 5.74) is 9.45. The molecule has 0 radical (unpaired) electrons. The standard InChI is InChI=1S/C24H29FN6O/c1-3-4-9-30-21-11-16(25)5-8-18(21)24(32)31(17-6-7-17)14-20(26)19(13-28-2)15-10-22(30)23(27)29-12-15/h5,8,10-13,17,26,28H,3-4,6-7,9,14H2,1-2H3,(H2,27,29)/b19-13-,26-20?. The first-order valence-corrected chi connectivity index (χ1v) is 11.0. The third-order valence-electron chi connectivity index (χ3n) is 5.91. The molecule has 2 aliphatic rings. The fourth-order valence-corrected chi connectivity index (χ4v) is 4.08. The normalized spacial score (nSPS) is 17.9. The van der Waals surface area contributed by atoms with Crippen molar-refractivity contribution in [3.05, 3.63) is 53.6 Å². The molecule has 2 heterocycles. The summed E-state index contributed by atoms with van der Waals surface area (Å²) in [7, 11) is 1.77. The number of aromatic nitrogens is 1. The molecule has 1 aliphatic heterocycles. The van der Waals surface area contributed by atoms with Crippen LogP contribution in [0.2, 0.25) is 0 Å². The number of nitrogens with one attached hydrogen (secondary N) is 2. The SMILES string of the molecule is CCCCN1c2cc(F)ccc2C(=O)N(C2CC2)CC(=N)/C(=C\NC)c2cnc(N)c1c2. The lowest BCUT2D eigenvalue weighted by atomic mass is 10.0. The molecule has 2 aromatic rings. The molecule has 168 valence electrons. The Morgan fingerprint density at radius 2 is 2.09 bits per heavy atom. The highest BCUT2D eigenvalue weighted by Gasteiger charge is 2.36. The van der Waals surface area contributed by atoms with Crippen molar-refractivity contribution in [1.82, 2.24) is 15.2 Å². The Labute approximate surface area is 187 Å². The number of hydrogen-bond acceptors (Lipinski definition) is 6. The number of anilines is 3. The van der Waals surface area contributed by atoms with Crippen LogP contribution < -0.4 is 16.0 Å². The van der Waals surface area contributed by atoms with Gasteiger partial charge in [-0.15, -0.1) is 0 Å². The zero-order valence-electron chi connectivity index (χ0n) is 18.5. The van der Waals surface area contributed by atoms with Crippen molar-refractivity contribution < 1.29 is 9.18 Å². The minimum atomic E-state index is -0.419. The number of rotatable bonds is 5. The largest absolute Gasteiger partial charge is 0.393 e. The predicted octanol–water partition coefficient (Wildman–Crippen LogP) is 3.94. The number of pyridine rings is 1. The van der Waals surface area contributed by atoms with E-state index in [-0.39, 0.29) is 18.5 Å². The average molecular weight is 437 g/mol. The Kier molecular flexibility index (Phi) is 6.12. The Bertz CT molecular complexity index is 1080. The molecule has 1 aromatic heterocycles. The number of carbonyl (C=O) groups is 1. The molecule has 32 heavy (non-hydrogen) atoms. The first kappa shape index (κ1) is 21.8. The van der Waals surface area contributed by atoms with Gasteiger partial charge < -0.3 is 26.3 Å². The molecule has 1 amide bonds. The van der Waals surface area contributed by atoms with Gasteiger partial charge in [-0.3, -0.25) is 4.79 Å². The smallest absolute Gasteiger partial charge is 0.256 e. The summed E-state index contributed by atoms with van der Waals surface area (Å²) < 4.78 is 14.4. The molecular formula is C24H29FN6O. The topological polar surface area (TPSA) is 98.3 Å². The number of unbranched alkanes of at least 4 members (excludes halogenated alkanes) is 1. The van der Waals surface area contributed by atoms with Crippen molar-refractivity contribution >= 4 is 34.4 Å². The molecule has 1 aliphatic carbocycles. The van der Waals surface area contributed by atoms with Crippen molar-refractivity contribution in [3.8, 4) is 0 Å².